The van der Waals surface area contributed by atoms with Gasteiger partial charge in [0.15, 0.2) is 0 Å². The van der Waals surface area contributed by atoms with E-state index >= 15 is 0 Å². The first-order valence-electron chi connectivity index (χ1n) is 6.62. The fourth-order valence-electron chi connectivity index (χ4n) is 2.30. The first kappa shape index (κ1) is 13.9. The van der Waals surface area contributed by atoms with E-state index in [1.807, 2.05) is 18.2 Å². The van der Waals surface area contributed by atoms with Gasteiger partial charge < -0.3 is 4.74 Å². The van der Waals surface area contributed by atoms with Gasteiger partial charge in [0.1, 0.15) is 11.5 Å². The molecule has 0 aromatic heterocycles. The Morgan fingerprint density at radius 1 is 0.905 bits per heavy atom. The summed E-state index contributed by atoms with van der Waals surface area (Å²) in [6.45, 7) is 1.52. The Morgan fingerprint density at radius 3 is 2.33 bits per heavy atom. The van der Waals surface area contributed by atoms with Gasteiger partial charge >= 0.3 is 6.18 Å². The molecule has 2 nitrogen and oxygen atoms in total. The summed E-state index contributed by atoms with van der Waals surface area (Å²) in [5, 5.41) is 4.32. The predicted molar refractivity (Wildman–Crippen MR) is 72.4 cm³/mol. The molecule has 0 aliphatic carbocycles. The highest BCUT2D eigenvalue weighted by molar-refractivity contribution is 5.40. The molecule has 1 radical (unpaired) electrons. The van der Waals surface area contributed by atoms with Gasteiger partial charge in [0, 0.05) is 13.1 Å². The van der Waals surface area contributed by atoms with Gasteiger partial charge in [-0.2, -0.15) is 13.2 Å². The third-order valence-corrected chi connectivity index (χ3v) is 3.42. The average molecular weight is 292 g/mol. The maximum atomic E-state index is 12.5. The number of fused-ring (bicyclic) bond motifs is 1. The number of nitrogens with zero attached hydrogens (tertiary/aromatic N) is 1. The maximum absolute atomic E-state index is 12.5. The molecule has 1 aliphatic rings. The van der Waals surface area contributed by atoms with Crippen LogP contribution in [0.4, 0.5) is 13.2 Å². The van der Waals surface area contributed by atoms with Crippen molar-refractivity contribution in [3.63, 3.8) is 0 Å². The highest BCUT2D eigenvalue weighted by Gasteiger charge is 2.30. The van der Waals surface area contributed by atoms with Crippen LogP contribution in [0.15, 0.2) is 42.5 Å². The fraction of sp³-hybridized carbons (Fsp3) is 0.250. The van der Waals surface area contributed by atoms with Crippen LogP contribution >= 0.6 is 0 Å². The first-order chi connectivity index (χ1) is 10.0. The molecular formula is C16H13F3NO. The second-order valence-electron chi connectivity index (χ2n) is 4.91. The lowest BCUT2D eigenvalue weighted by atomic mass is 10.0. The Hall–Kier alpha value is -2.01. The Bertz CT molecular complexity index is 635. The molecule has 0 saturated heterocycles. The molecule has 2 aromatic rings. The zero-order chi connectivity index (χ0) is 14.9. The van der Waals surface area contributed by atoms with Gasteiger partial charge in [-0.15, -0.1) is 0 Å². The van der Waals surface area contributed by atoms with Crippen molar-refractivity contribution in [2.45, 2.75) is 19.1 Å². The molecule has 3 rings (SSSR count). The lowest BCUT2D eigenvalue weighted by Crippen LogP contribution is -2.17. The molecule has 0 spiro atoms. The Morgan fingerprint density at radius 2 is 1.62 bits per heavy atom. The molecular weight excluding hydrogens is 279 g/mol. The van der Waals surface area contributed by atoms with E-state index in [1.54, 1.807) is 0 Å². The molecule has 21 heavy (non-hydrogen) atoms. The molecule has 2 aromatic carbocycles. The Kier molecular flexibility index (Phi) is 3.59. The van der Waals surface area contributed by atoms with Crippen LogP contribution in [-0.4, -0.2) is 6.54 Å². The summed E-state index contributed by atoms with van der Waals surface area (Å²) in [6.07, 6.45) is -3.45. The van der Waals surface area contributed by atoms with Crippen LogP contribution in [0.3, 0.4) is 0 Å². The highest BCUT2D eigenvalue weighted by Crippen LogP contribution is 2.32. The van der Waals surface area contributed by atoms with Crippen LogP contribution in [-0.2, 0) is 19.1 Å². The minimum atomic E-state index is -4.33. The van der Waals surface area contributed by atoms with Gasteiger partial charge in [-0.1, -0.05) is 6.07 Å². The van der Waals surface area contributed by atoms with Crippen LogP contribution in [0.1, 0.15) is 16.7 Å². The molecule has 0 unspecified atom stereocenters. The molecule has 5 heteroatoms. The lowest BCUT2D eigenvalue weighted by Gasteiger charge is -2.17. The van der Waals surface area contributed by atoms with E-state index in [2.05, 4.69) is 5.32 Å². The minimum Gasteiger partial charge on any atom is -0.457 e. The van der Waals surface area contributed by atoms with E-state index in [4.69, 9.17) is 4.74 Å². The second-order valence-corrected chi connectivity index (χ2v) is 4.91. The van der Waals surface area contributed by atoms with E-state index in [0.29, 0.717) is 11.5 Å². The Labute approximate surface area is 120 Å². The predicted octanol–water partition coefficient (Wildman–Crippen LogP) is 4.16. The quantitative estimate of drug-likeness (QED) is 0.815. The van der Waals surface area contributed by atoms with Gasteiger partial charge in [-0.25, -0.2) is 5.32 Å². The van der Waals surface area contributed by atoms with Crippen LogP contribution in [0.25, 0.3) is 0 Å². The number of rotatable bonds is 2. The van der Waals surface area contributed by atoms with Crippen molar-refractivity contribution in [2.75, 3.05) is 6.54 Å². The van der Waals surface area contributed by atoms with Gasteiger partial charge in [-0.3, -0.25) is 0 Å². The molecule has 0 saturated carbocycles. The topological polar surface area (TPSA) is 23.3 Å². The van der Waals surface area contributed by atoms with Gasteiger partial charge in [0.2, 0.25) is 0 Å². The summed E-state index contributed by atoms with van der Waals surface area (Å²) in [6, 6.07) is 10.4. The van der Waals surface area contributed by atoms with E-state index < -0.39 is 11.7 Å². The summed E-state index contributed by atoms with van der Waals surface area (Å²) in [4.78, 5) is 0. The van der Waals surface area contributed by atoms with Crippen molar-refractivity contribution >= 4 is 0 Å². The second kappa shape index (κ2) is 5.41. The van der Waals surface area contributed by atoms with Crippen LogP contribution < -0.4 is 10.1 Å². The summed E-state index contributed by atoms with van der Waals surface area (Å²) < 4.78 is 43.1. The largest absolute Gasteiger partial charge is 0.457 e. The SMILES string of the molecule is FC(F)(F)c1ccc(Oc2ccc3c(c2)CC[N]C3)cc1. The zero-order valence-corrected chi connectivity index (χ0v) is 11.2. The lowest BCUT2D eigenvalue weighted by molar-refractivity contribution is -0.137. The molecule has 109 valence electrons. The number of hydrogen-bond acceptors (Lipinski definition) is 1. The van der Waals surface area contributed by atoms with Crippen LogP contribution in [0, 0.1) is 0 Å². The number of hydrogen-bond donors (Lipinski definition) is 0. The van der Waals surface area contributed by atoms with E-state index in [0.717, 1.165) is 31.6 Å². The zero-order valence-electron chi connectivity index (χ0n) is 11.2. The molecule has 0 bridgehead atoms. The van der Waals surface area contributed by atoms with E-state index in [-0.39, 0.29) is 0 Å². The molecule has 0 atom stereocenters. The van der Waals surface area contributed by atoms with Gasteiger partial charge in [0.05, 0.1) is 5.56 Å². The minimum absolute atomic E-state index is 0.392. The summed E-state index contributed by atoms with van der Waals surface area (Å²) in [5.74, 6) is 1.03. The maximum Gasteiger partial charge on any atom is 0.416 e. The molecule has 1 aliphatic heterocycles. The van der Waals surface area contributed by atoms with Crippen molar-refractivity contribution in [3.8, 4) is 11.5 Å². The van der Waals surface area contributed by atoms with Crippen molar-refractivity contribution in [1.82, 2.24) is 5.32 Å². The summed E-state index contributed by atoms with van der Waals surface area (Å²) in [7, 11) is 0. The van der Waals surface area contributed by atoms with Crippen molar-refractivity contribution in [3.05, 3.63) is 59.2 Å². The molecule has 0 N–H and O–H groups in total. The summed E-state index contributed by atoms with van der Waals surface area (Å²) in [5.41, 5.74) is 1.69. The van der Waals surface area contributed by atoms with Gasteiger partial charge in [0.25, 0.3) is 0 Å². The number of alkyl halides is 3. The van der Waals surface area contributed by atoms with Crippen LogP contribution in [0.5, 0.6) is 11.5 Å². The molecule has 1 heterocycles. The third-order valence-electron chi connectivity index (χ3n) is 3.42. The van der Waals surface area contributed by atoms with Crippen molar-refractivity contribution < 1.29 is 17.9 Å². The number of halogens is 3. The average Bonchev–Trinajstić information content (AvgIpc) is 2.47. The highest BCUT2D eigenvalue weighted by atomic mass is 19.4. The number of ether oxygens (including phenoxy) is 1. The van der Waals surface area contributed by atoms with E-state index in [9.17, 15) is 13.2 Å². The molecule has 0 fully saturated rings. The van der Waals surface area contributed by atoms with E-state index in [1.165, 1.54) is 23.3 Å². The molecule has 0 amide bonds. The van der Waals surface area contributed by atoms with Gasteiger partial charge in [-0.05, 0) is 53.9 Å². The standard InChI is InChI=1S/C16H13F3NO/c17-16(18,19)13-2-5-14(6-3-13)21-15-4-1-12-10-20-8-7-11(12)9-15/h1-6,9H,7-8,10H2. The first-order valence-corrected chi connectivity index (χ1v) is 6.62. The monoisotopic (exact) mass is 292 g/mol. The summed E-state index contributed by atoms with van der Waals surface area (Å²) >= 11 is 0. The number of benzene rings is 2. The Balaban J connectivity index is 1.77. The van der Waals surface area contributed by atoms with Crippen LogP contribution in [0.2, 0.25) is 0 Å². The third kappa shape index (κ3) is 3.19. The van der Waals surface area contributed by atoms with Crippen molar-refractivity contribution in [1.29, 1.82) is 0 Å². The smallest absolute Gasteiger partial charge is 0.416 e. The fourth-order valence-corrected chi connectivity index (χ4v) is 2.30. The normalized spacial score (nSPS) is 14.6. The van der Waals surface area contributed by atoms with Crippen molar-refractivity contribution in [2.24, 2.45) is 0 Å².